The summed E-state index contributed by atoms with van der Waals surface area (Å²) in [6.07, 6.45) is 0. The molecule has 1 atom stereocenters. The van der Waals surface area contributed by atoms with Crippen molar-refractivity contribution in [3.8, 4) is 0 Å². The van der Waals surface area contributed by atoms with Crippen LogP contribution in [0.15, 0.2) is 84.0 Å². The maximum absolute atomic E-state index is 13.2. The minimum absolute atomic E-state index is 0.0441. The van der Waals surface area contributed by atoms with E-state index in [1.54, 1.807) is 24.3 Å². The summed E-state index contributed by atoms with van der Waals surface area (Å²) in [7, 11) is 0. The fraction of sp³-hybridized carbons (Fsp3) is 0.0870. The normalized spacial score (nSPS) is 11.9. The van der Waals surface area contributed by atoms with Gasteiger partial charge in [-0.2, -0.15) is 0 Å². The zero-order chi connectivity index (χ0) is 20.2. The van der Waals surface area contributed by atoms with Crippen molar-refractivity contribution in [3.63, 3.8) is 0 Å². The van der Waals surface area contributed by atoms with Gasteiger partial charge in [0.25, 0.3) is 0 Å². The van der Waals surface area contributed by atoms with Crippen LogP contribution in [0.2, 0.25) is 0 Å². The number of thioether (sulfide) groups is 1. The second kappa shape index (κ2) is 8.32. The molecule has 0 bridgehead atoms. The van der Waals surface area contributed by atoms with E-state index in [0.29, 0.717) is 16.4 Å². The fourth-order valence-corrected chi connectivity index (χ4v) is 4.02. The number of para-hydroxylation sites is 2. The van der Waals surface area contributed by atoms with Gasteiger partial charge in [-0.15, -0.1) is 0 Å². The van der Waals surface area contributed by atoms with Crippen LogP contribution in [0, 0.1) is 0 Å². The summed E-state index contributed by atoms with van der Waals surface area (Å²) in [5, 5.41) is 3.11. The lowest BCUT2D eigenvalue weighted by Gasteiger charge is -2.16. The second-order valence-corrected chi connectivity index (χ2v) is 7.69. The fourth-order valence-electron chi connectivity index (χ4n) is 3.02. The van der Waals surface area contributed by atoms with E-state index >= 15 is 0 Å². The molecule has 4 rings (SSSR count). The van der Waals surface area contributed by atoms with E-state index in [9.17, 15) is 9.59 Å². The van der Waals surface area contributed by atoms with Crippen LogP contribution in [0.1, 0.15) is 28.1 Å². The number of Topliss-reactive ketones (excluding diaryl/α,β-unsaturated/α-hetero) is 1. The summed E-state index contributed by atoms with van der Waals surface area (Å²) in [5.74, 6) is -0.222. The van der Waals surface area contributed by atoms with Gasteiger partial charge in [-0.3, -0.25) is 9.59 Å². The summed E-state index contributed by atoms with van der Waals surface area (Å²) in [6, 6.07) is 24.3. The van der Waals surface area contributed by atoms with Crippen LogP contribution in [0.5, 0.6) is 0 Å². The Bertz CT molecular complexity index is 1140. The van der Waals surface area contributed by atoms with Crippen molar-refractivity contribution in [2.75, 3.05) is 5.32 Å². The summed E-state index contributed by atoms with van der Waals surface area (Å²) >= 11 is 1.36. The predicted octanol–water partition coefficient (Wildman–Crippen LogP) is 5.24. The zero-order valence-electron chi connectivity index (χ0n) is 15.8. The number of carbonyl (C=O) groups excluding carboxylic acids is 2. The van der Waals surface area contributed by atoms with E-state index < -0.39 is 5.25 Å². The molecule has 0 unspecified atom stereocenters. The molecule has 0 aliphatic rings. The number of carbonyl (C=O) groups is 2. The summed E-state index contributed by atoms with van der Waals surface area (Å²) < 4.78 is 0. The molecule has 1 aromatic heterocycles. The molecule has 0 saturated carbocycles. The largest absolute Gasteiger partial charge is 0.333 e. The first kappa shape index (κ1) is 19.0. The number of rotatable bonds is 6. The van der Waals surface area contributed by atoms with Crippen molar-refractivity contribution in [3.05, 3.63) is 90.0 Å². The highest BCUT2D eigenvalue weighted by Gasteiger charge is 2.24. The molecule has 2 N–H and O–H groups in total. The molecule has 3 aromatic carbocycles. The Labute approximate surface area is 172 Å². The van der Waals surface area contributed by atoms with Crippen molar-refractivity contribution in [2.24, 2.45) is 0 Å². The zero-order valence-corrected chi connectivity index (χ0v) is 16.6. The van der Waals surface area contributed by atoms with E-state index in [4.69, 9.17) is 0 Å². The standard InChI is InChI=1S/C23H19N3O2S/c1-15(27)17-10-7-11-18(14-17)24-22(28)21(16-8-3-2-4-9-16)29-23-25-19-12-5-6-13-20(19)26-23/h2-14,21H,1H3,(H,24,28)(H,25,26)/t21-/m0/s1. The van der Waals surface area contributed by atoms with E-state index in [1.807, 2.05) is 54.6 Å². The van der Waals surface area contributed by atoms with Crippen LogP contribution >= 0.6 is 11.8 Å². The smallest absolute Gasteiger partial charge is 0.242 e. The lowest BCUT2D eigenvalue weighted by Crippen LogP contribution is -2.19. The van der Waals surface area contributed by atoms with Crippen molar-refractivity contribution < 1.29 is 9.59 Å². The Morgan fingerprint density at radius 2 is 1.72 bits per heavy atom. The van der Waals surface area contributed by atoms with Gasteiger partial charge in [-0.1, -0.05) is 66.4 Å². The molecule has 5 nitrogen and oxygen atoms in total. The van der Waals surface area contributed by atoms with Gasteiger partial charge >= 0.3 is 0 Å². The number of imidazole rings is 1. The van der Waals surface area contributed by atoms with Crippen molar-refractivity contribution in [2.45, 2.75) is 17.3 Å². The number of aromatic nitrogens is 2. The number of fused-ring (bicyclic) bond motifs is 1. The Morgan fingerprint density at radius 3 is 2.48 bits per heavy atom. The van der Waals surface area contributed by atoms with Gasteiger partial charge in [-0.25, -0.2) is 4.98 Å². The number of hydrogen-bond donors (Lipinski definition) is 2. The molecule has 0 fully saturated rings. The van der Waals surface area contributed by atoms with Crippen LogP contribution in [-0.2, 0) is 4.79 Å². The first-order chi connectivity index (χ1) is 14.1. The number of anilines is 1. The summed E-state index contributed by atoms with van der Waals surface area (Å²) in [6.45, 7) is 1.51. The van der Waals surface area contributed by atoms with Gasteiger partial charge in [0.15, 0.2) is 10.9 Å². The number of ketones is 1. The SMILES string of the molecule is CC(=O)c1cccc(NC(=O)[C@@H](Sc2nc3ccccc3[nH]2)c2ccccc2)c1. The molecule has 1 amide bonds. The second-order valence-electron chi connectivity index (χ2n) is 6.59. The van der Waals surface area contributed by atoms with Gasteiger partial charge < -0.3 is 10.3 Å². The molecule has 6 heteroatoms. The van der Waals surface area contributed by atoms with Crippen molar-refractivity contribution in [1.82, 2.24) is 9.97 Å². The van der Waals surface area contributed by atoms with Crippen LogP contribution in [0.3, 0.4) is 0 Å². The van der Waals surface area contributed by atoms with Gasteiger partial charge in [0.1, 0.15) is 5.25 Å². The van der Waals surface area contributed by atoms with Gasteiger partial charge in [0.05, 0.1) is 11.0 Å². The third-order valence-corrected chi connectivity index (χ3v) is 5.61. The molecule has 0 aliphatic heterocycles. The monoisotopic (exact) mass is 401 g/mol. The first-order valence-electron chi connectivity index (χ1n) is 9.18. The summed E-state index contributed by atoms with van der Waals surface area (Å²) in [5.41, 5.74) is 3.81. The molecular weight excluding hydrogens is 382 g/mol. The van der Waals surface area contributed by atoms with E-state index in [0.717, 1.165) is 16.6 Å². The number of aromatic amines is 1. The van der Waals surface area contributed by atoms with Gasteiger partial charge in [-0.05, 0) is 36.8 Å². The lowest BCUT2D eigenvalue weighted by atomic mass is 10.1. The Kier molecular flexibility index (Phi) is 5.44. The molecule has 0 radical (unpaired) electrons. The third kappa shape index (κ3) is 4.38. The molecule has 0 aliphatic carbocycles. The van der Waals surface area contributed by atoms with Gasteiger partial charge in [0.2, 0.25) is 5.91 Å². The van der Waals surface area contributed by atoms with E-state index in [-0.39, 0.29) is 11.7 Å². The average Bonchev–Trinajstić information content (AvgIpc) is 3.15. The van der Waals surface area contributed by atoms with Crippen LogP contribution < -0.4 is 5.32 Å². The highest BCUT2D eigenvalue weighted by atomic mass is 32.2. The number of benzene rings is 3. The molecular formula is C23H19N3O2S. The maximum atomic E-state index is 13.2. The van der Waals surface area contributed by atoms with Crippen molar-refractivity contribution >= 4 is 40.2 Å². The van der Waals surface area contributed by atoms with Crippen LogP contribution in [0.25, 0.3) is 11.0 Å². The number of amides is 1. The van der Waals surface area contributed by atoms with E-state index in [2.05, 4.69) is 15.3 Å². The summed E-state index contributed by atoms with van der Waals surface area (Å²) in [4.78, 5) is 32.6. The highest BCUT2D eigenvalue weighted by Crippen LogP contribution is 2.35. The highest BCUT2D eigenvalue weighted by molar-refractivity contribution is 8.00. The maximum Gasteiger partial charge on any atom is 0.242 e. The molecule has 144 valence electrons. The Morgan fingerprint density at radius 1 is 0.966 bits per heavy atom. The third-order valence-electron chi connectivity index (χ3n) is 4.47. The Balaban J connectivity index is 1.62. The number of hydrogen-bond acceptors (Lipinski definition) is 4. The minimum atomic E-state index is -0.502. The number of nitrogens with one attached hydrogen (secondary N) is 2. The van der Waals surface area contributed by atoms with Crippen LogP contribution in [0.4, 0.5) is 5.69 Å². The molecule has 29 heavy (non-hydrogen) atoms. The predicted molar refractivity (Wildman–Crippen MR) is 116 cm³/mol. The quantitative estimate of drug-likeness (QED) is 0.342. The molecule has 4 aromatic rings. The van der Waals surface area contributed by atoms with Gasteiger partial charge in [0, 0.05) is 11.3 Å². The molecule has 0 spiro atoms. The first-order valence-corrected chi connectivity index (χ1v) is 10.1. The Hall–Kier alpha value is -3.38. The lowest BCUT2D eigenvalue weighted by molar-refractivity contribution is -0.115. The molecule has 1 heterocycles. The van der Waals surface area contributed by atoms with E-state index in [1.165, 1.54) is 18.7 Å². The topological polar surface area (TPSA) is 74.8 Å². The number of H-pyrrole nitrogens is 1. The average molecular weight is 401 g/mol. The molecule has 0 saturated heterocycles. The number of nitrogens with zero attached hydrogens (tertiary/aromatic N) is 1. The van der Waals surface area contributed by atoms with Crippen molar-refractivity contribution in [1.29, 1.82) is 0 Å². The minimum Gasteiger partial charge on any atom is -0.333 e. The van der Waals surface area contributed by atoms with Crippen LogP contribution in [-0.4, -0.2) is 21.7 Å².